The number of nitrogens with one attached hydrogen (secondary N) is 1. The molecule has 1 aliphatic heterocycles. The molecule has 0 aliphatic carbocycles. The smallest absolute Gasteiger partial charge is 0.408 e. The molecule has 0 spiro atoms. The first-order chi connectivity index (χ1) is 7.24. The molecule has 0 bridgehead atoms. The van der Waals surface area contributed by atoms with Gasteiger partial charge < -0.3 is 9.15 Å². The average Bonchev–Trinajstić information content (AvgIpc) is 2.98. The number of oxazole rings is 1. The number of fused-ring (bicyclic) bond motifs is 1. The number of Topliss-reactive ketones (excluding diaryl/α,β-unsaturated/α-hetero) is 1. The highest BCUT2D eigenvalue weighted by Crippen LogP contribution is 2.19. The van der Waals surface area contributed by atoms with Crippen molar-refractivity contribution in [2.75, 3.05) is 6.61 Å². The van der Waals surface area contributed by atoms with Crippen LogP contribution in [0.4, 0.5) is 0 Å². The van der Waals surface area contributed by atoms with Crippen LogP contribution in [0.3, 0.4) is 0 Å². The number of benzene rings is 1. The third-order valence-corrected chi connectivity index (χ3v) is 2.33. The van der Waals surface area contributed by atoms with Crippen molar-refractivity contribution in [3.05, 3.63) is 34.3 Å². The fourth-order valence-electron chi connectivity index (χ4n) is 1.48. The maximum atomic E-state index is 11.6. The van der Waals surface area contributed by atoms with Crippen LogP contribution >= 0.6 is 0 Å². The normalized spacial score (nSPS) is 19.3. The largest absolute Gasteiger partial charge is 0.417 e. The standard InChI is InChI=1S/C10H7NO4/c12-9(8-4-14-8)5-1-2-6-7(3-5)15-10(13)11-6/h1-3,8H,4H2,(H,11,13). The Bertz CT molecular complexity index is 591. The molecule has 1 saturated heterocycles. The highest BCUT2D eigenvalue weighted by molar-refractivity contribution is 6.02. The number of carbonyl (C=O) groups is 1. The first-order valence-corrected chi connectivity index (χ1v) is 4.53. The van der Waals surface area contributed by atoms with E-state index in [1.165, 1.54) is 0 Å². The van der Waals surface area contributed by atoms with Crippen molar-refractivity contribution < 1.29 is 13.9 Å². The van der Waals surface area contributed by atoms with Gasteiger partial charge in [0.15, 0.2) is 11.4 Å². The number of ether oxygens (including phenoxy) is 1. The molecule has 1 N–H and O–H groups in total. The minimum absolute atomic E-state index is 0.0688. The third kappa shape index (κ3) is 1.37. The molecule has 2 aromatic rings. The quantitative estimate of drug-likeness (QED) is 0.578. The zero-order valence-electron chi connectivity index (χ0n) is 7.65. The summed E-state index contributed by atoms with van der Waals surface area (Å²) in [7, 11) is 0. The lowest BCUT2D eigenvalue weighted by Crippen LogP contribution is -2.06. The molecule has 0 amide bonds. The SMILES string of the molecule is O=C(c1ccc2[nH]c(=O)oc2c1)C1CO1. The number of H-pyrrole nitrogens is 1. The average molecular weight is 205 g/mol. The molecular formula is C10H7NO4. The van der Waals surface area contributed by atoms with E-state index in [1.807, 2.05) is 0 Å². The molecule has 1 fully saturated rings. The molecule has 76 valence electrons. The first kappa shape index (κ1) is 8.43. The van der Waals surface area contributed by atoms with Gasteiger partial charge in [-0.1, -0.05) is 0 Å². The van der Waals surface area contributed by atoms with Gasteiger partial charge in [0.2, 0.25) is 0 Å². The van der Waals surface area contributed by atoms with Crippen LogP contribution in [-0.2, 0) is 4.74 Å². The summed E-state index contributed by atoms with van der Waals surface area (Å²) in [5.74, 6) is -0.585. The summed E-state index contributed by atoms with van der Waals surface area (Å²) in [5, 5.41) is 0. The number of epoxide rings is 1. The van der Waals surface area contributed by atoms with Crippen LogP contribution in [0.5, 0.6) is 0 Å². The van der Waals surface area contributed by atoms with Gasteiger partial charge in [0.05, 0.1) is 12.1 Å². The summed E-state index contributed by atoms with van der Waals surface area (Å²) in [6, 6.07) is 4.85. The van der Waals surface area contributed by atoms with Gasteiger partial charge in [-0.3, -0.25) is 9.78 Å². The molecule has 3 rings (SSSR count). The number of carbonyl (C=O) groups excluding carboxylic acids is 1. The van der Waals surface area contributed by atoms with Crippen LogP contribution < -0.4 is 5.76 Å². The summed E-state index contributed by atoms with van der Waals surface area (Å²) in [6.07, 6.45) is -0.312. The van der Waals surface area contributed by atoms with Gasteiger partial charge in [-0.2, -0.15) is 0 Å². The topological polar surface area (TPSA) is 75.6 Å². The second kappa shape index (κ2) is 2.80. The summed E-state index contributed by atoms with van der Waals surface area (Å²) in [6.45, 7) is 0.480. The van der Waals surface area contributed by atoms with Gasteiger partial charge in [-0.15, -0.1) is 0 Å². The number of aromatic amines is 1. The molecule has 1 aliphatic rings. The number of hydrogen-bond donors (Lipinski definition) is 1. The minimum Gasteiger partial charge on any atom is -0.408 e. The van der Waals surface area contributed by atoms with Crippen LogP contribution in [0.15, 0.2) is 27.4 Å². The summed E-state index contributed by atoms with van der Waals surface area (Å²) in [4.78, 5) is 25.0. The number of aromatic nitrogens is 1. The van der Waals surface area contributed by atoms with Gasteiger partial charge in [0.25, 0.3) is 0 Å². The van der Waals surface area contributed by atoms with Crippen LogP contribution in [0.2, 0.25) is 0 Å². The Morgan fingerprint density at radius 3 is 3.00 bits per heavy atom. The van der Waals surface area contributed by atoms with Gasteiger partial charge >= 0.3 is 5.76 Å². The molecule has 5 nitrogen and oxygen atoms in total. The summed E-state index contributed by atoms with van der Waals surface area (Å²) >= 11 is 0. The Labute approximate surface area is 83.7 Å². The van der Waals surface area contributed by atoms with Crippen LogP contribution in [0, 0.1) is 0 Å². The van der Waals surface area contributed by atoms with Gasteiger partial charge in [-0.05, 0) is 18.2 Å². The van der Waals surface area contributed by atoms with Crippen molar-refractivity contribution in [3.63, 3.8) is 0 Å². The van der Waals surface area contributed by atoms with Gasteiger partial charge in [0, 0.05) is 5.56 Å². The van der Waals surface area contributed by atoms with Crippen LogP contribution in [-0.4, -0.2) is 23.5 Å². The predicted octanol–water partition coefficient (Wildman–Crippen LogP) is 0.703. The van der Waals surface area contributed by atoms with E-state index in [2.05, 4.69) is 4.98 Å². The van der Waals surface area contributed by atoms with Gasteiger partial charge in [0.1, 0.15) is 6.10 Å². The van der Waals surface area contributed by atoms with Crippen molar-refractivity contribution in [1.29, 1.82) is 0 Å². The molecule has 1 unspecified atom stereocenters. The van der Waals surface area contributed by atoms with E-state index in [0.717, 1.165) is 0 Å². The van der Waals surface area contributed by atoms with E-state index >= 15 is 0 Å². The Hall–Kier alpha value is -1.88. The lowest BCUT2D eigenvalue weighted by atomic mass is 10.1. The van der Waals surface area contributed by atoms with Crippen molar-refractivity contribution in [2.24, 2.45) is 0 Å². The fraction of sp³-hybridized carbons (Fsp3) is 0.200. The Balaban J connectivity index is 2.12. The molecule has 1 aromatic heterocycles. The zero-order valence-corrected chi connectivity index (χ0v) is 7.65. The Morgan fingerprint density at radius 2 is 2.27 bits per heavy atom. The monoisotopic (exact) mass is 205 g/mol. The fourth-order valence-corrected chi connectivity index (χ4v) is 1.48. The van der Waals surface area contributed by atoms with Gasteiger partial charge in [-0.25, -0.2) is 4.79 Å². The predicted molar refractivity (Wildman–Crippen MR) is 50.9 cm³/mol. The number of ketones is 1. The van der Waals surface area contributed by atoms with E-state index in [4.69, 9.17) is 9.15 Å². The zero-order chi connectivity index (χ0) is 10.4. The van der Waals surface area contributed by atoms with Crippen molar-refractivity contribution in [3.8, 4) is 0 Å². The number of rotatable bonds is 2. The second-order valence-electron chi connectivity index (χ2n) is 3.41. The Kier molecular flexibility index (Phi) is 1.58. The summed E-state index contributed by atoms with van der Waals surface area (Å²) < 4.78 is 9.75. The molecule has 1 atom stereocenters. The third-order valence-electron chi connectivity index (χ3n) is 2.33. The maximum Gasteiger partial charge on any atom is 0.417 e. The highest BCUT2D eigenvalue weighted by atomic mass is 16.6. The van der Waals surface area contributed by atoms with Crippen molar-refractivity contribution >= 4 is 16.9 Å². The molecule has 1 aromatic carbocycles. The maximum absolute atomic E-state index is 11.6. The molecule has 5 heteroatoms. The van der Waals surface area contributed by atoms with E-state index < -0.39 is 5.76 Å². The lowest BCUT2D eigenvalue weighted by molar-refractivity contribution is 0.0953. The Morgan fingerprint density at radius 1 is 1.47 bits per heavy atom. The second-order valence-corrected chi connectivity index (χ2v) is 3.41. The highest BCUT2D eigenvalue weighted by Gasteiger charge is 2.32. The van der Waals surface area contributed by atoms with E-state index in [9.17, 15) is 9.59 Å². The van der Waals surface area contributed by atoms with Crippen LogP contribution in [0.25, 0.3) is 11.1 Å². The molecule has 2 heterocycles. The first-order valence-electron chi connectivity index (χ1n) is 4.53. The van der Waals surface area contributed by atoms with E-state index in [1.54, 1.807) is 18.2 Å². The molecular weight excluding hydrogens is 198 g/mol. The van der Waals surface area contributed by atoms with E-state index in [0.29, 0.717) is 23.3 Å². The molecule has 0 radical (unpaired) electrons. The van der Waals surface area contributed by atoms with Crippen LogP contribution in [0.1, 0.15) is 10.4 Å². The van der Waals surface area contributed by atoms with Crippen molar-refractivity contribution in [2.45, 2.75) is 6.10 Å². The molecule has 15 heavy (non-hydrogen) atoms. The minimum atomic E-state index is -0.516. The summed E-state index contributed by atoms with van der Waals surface area (Å²) in [5.41, 5.74) is 1.49. The lowest BCUT2D eigenvalue weighted by Gasteiger charge is -1.95. The van der Waals surface area contributed by atoms with Crippen molar-refractivity contribution in [1.82, 2.24) is 4.98 Å². The number of hydrogen-bond acceptors (Lipinski definition) is 4. The van der Waals surface area contributed by atoms with E-state index in [-0.39, 0.29) is 11.9 Å². The molecule has 0 saturated carbocycles.